The van der Waals surface area contributed by atoms with Crippen molar-refractivity contribution in [3.05, 3.63) is 47.2 Å². The van der Waals surface area contributed by atoms with Crippen molar-refractivity contribution in [2.24, 2.45) is 0 Å². The van der Waals surface area contributed by atoms with Gasteiger partial charge in [-0.15, -0.1) is 16.4 Å². The van der Waals surface area contributed by atoms with Crippen LogP contribution in [0, 0.1) is 0 Å². The minimum atomic E-state index is -0.241. The summed E-state index contributed by atoms with van der Waals surface area (Å²) in [5, 5.41) is 15.4. The van der Waals surface area contributed by atoms with Crippen LogP contribution in [-0.2, 0) is 0 Å². The zero-order chi connectivity index (χ0) is 13.1. The van der Waals surface area contributed by atoms with Crippen molar-refractivity contribution >= 4 is 22.9 Å². The number of tetrazole rings is 1. The molecular formula is C11H8N6OS. The summed E-state index contributed by atoms with van der Waals surface area (Å²) in [6.45, 7) is 0. The minimum Gasteiger partial charge on any atom is -0.321 e. The van der Waals surface area contributed by atoms with Gasteiger partial charge in [-0.1, -0.05) is 6.07 Å². The van der Waals surface area contributed by atoms with Crippen LogP contribution in [-0.4, -0.2) is 31.1 Å². The molecule has 0 radical (unpaired) electrons. The van der Waals surface area contributed by atoms with Gasteiger partial charge >= 0.3 is 0 Å². The van der Waals surface area contributed by atoms with Gasteiger partial charge in [-0.05, 0) is 28.6 Å². The van der Waals surface area contributed by atoms with Gasteiger partial charge < -0.3 is 5.32 Å². The third-order valence-corrected chi connectivity index (χ3v) is 2.97. The number of thiazole rings is 1. The average Bonchev–Trinajstić information content (AvgIpc) is 3.13. The maximum atomic E-state index is 11.9. The van der Waals surface area contributed by atoms with Crippen LogP contribution in [0.3, 0.4) is 0 Å². The second-order valence-corrected chi connectivity index (χ2v) is 4.35. The van der Waals surface area contributed by atoms with E-state index in [1.165, 1.54) is 22.3 Å². The topological polar surface area (TPSA) is 85.6 Å². The molecule has 1 N–H and O–H groups in total. The Hall–Kier alpha value is -2.61. The number of hydrogen-bond acceptors (Lipinski definition) is 6. The number of nitrogens with one attached hydrogen (secondary N) is 1. The zero-order valence-corrected chi connectivity index (χ0v) is 10.4. The van der Waals surface area contributed by atoms with Gasteiger partial charge in [-0.3, -0.25) is 4.79 Å². The monoisotopic (exact) mass is 272 g/mol. The normalized spacial score (nSPS) is 10.3. The van der Waals surface area contributed by atoms with E-state index in [2.05, 4.69) is 25.8 Å². The van der Waals surface area contributed by atoms with E-state index in [9.17, 15) is 4.79 Å². The third kappa shape index (κ3) is 2.47. The van der Waals surface area contributed by atoms with Gasteiger partial charge in [0.25, 0.3) is 5.91 Å². The highest BCUT2D eigenvalue weighted by molar-refractivity contribution is 7.07. The summed E-state index contributed by atoms with van der Waals surface area (Å²) in [6.07, 6.45) is 1.49. The van der Waals surface area contributed by atoms with Crippen LogP contribution in [0.1, 0.15) is 10.5 Å². The second-order valence-electron chi connectivity index (χ2n) is 3.63. The number of carbonyl (C=O) groups is 1. The molecular weight excluding hydrogens is 264 g/mol. The van der Waals surface area contributed by atoms with Gasteiger partial charge in [0, 0.05) is 11.1 Å². The highest BCUT2D eigenvalue weighted by Gasteiger charge is 2.08. The van der Waals surface area contributed by atoms with E-state index in [1.54, 1.807) is 23.0 Å². The van der Waals surface area contributed by atoms with E-state index < -0.39 is 0 Å². The maximum Gasteiger partial charge on any atom is 0.275 e. The molecule has 0 saturated heterocycles. The number of nitrogens with zero attached hydrogens (tertiary/aromatic N) is 5. The highest BCUT2D eigenvalue weighted by Crippen LogP contribution is 2.14. The molecule has 0 aliphatic carbocycles. The molecule has 0 atom stereocenters. The Kier molecular flexibility index (Phi) is 2.99. The molecule has 7 nitrogen and oxygen atoms in total. The van der Waals surface area contributed by atoms with E-state index >= 15 is 0 Å². The molecule has 0 saturated carbocycles. The quantitative estimate of drug-likeness (QED) is 0.778. The summed E-state index contributed by atoms with van der Waals surface area (Å²) in [4.78, 5) is 15.8. The first-order chi connectivity index (χ1) is 9.33. The molecule has 1 aromatic carbocycles. The lowest BCUT2D eigenvalue weighted by Crippen LogP contribution is -2.12. The van der Waals surface area contributed by atoms with Gasteiger partial charge in [0.1, 0.15) is 12.0 Å². The van der Waals surface area contributed by atoms with E-state index in [4.69, 9.17) is 0 Å². The fourth-order valence-electron chi connectivity index (χ4n) is 1.53. The highest BCUT2D eigenvalue weighted by atomic mass is 32.1. The molecule has 0 aliphatic heterocycles. The molecule has 2 aromatic heterocycles. The molecule has 94 valence electrons. The number of carbonyl (C=O) groups excluding carboxylic acids is 1. The lowest BCUT2D eigenvalue weighted by molar-refractivity contribution is 0.102. The van der Waals surface area contributed by atoms with E-state index in [1.807, 2.05) is 12.1 Å². The van der Waals surface area contributed by atoms with Crippen LogP contribution in [0.4, 0.5) is 5.69 Å². The van der Waals surface area contributed by atoms with Crippen molar-refractivity contribution in [1.29, 1.82) is 0 Å². The van der Waals surface area contributed by atoms with Crippen molar-refractivity contribution in [2.75, 3.05) is 5.32 Å². The number of anilines is 1. The summed E-state index contributed by atoms with van der Waals surface area (Å²) in [7, 11) is 0. The molecule has 8 heteroatoms. The number of aromatic nitrogens is 5. The smallest absolute Gasteiger partial charge is 0.275 e. The number of amides is 1. The molecule has 0 aliphatic rings. The predicted octanol–water partition coefficient (Wildman–Crippen LogP) is 1.37. The van der Waals surface area contributed by atoms with E-state index in [0.29, 0.717) is 11.4 Å². The summed E-state index contributed by atoms with van der Waals surface area (Å²) < 4.78 is 1.51. The van der Waals surface area contributed by atoms with Gasteiger partial charge in [0.05, 0.1) is 11.2 Å². The van der Waals surface area contributed by atoms with Crippen molar-refractivity contribution in [3.63, 3.8) is 0 Å². The molecule has 0 fully saturated rings. The lowest BCUT2D eigenvalue weighted by atomic mass is 10.2. The Morgan fingerprint density at radius 3 is 3.05 bits per heavy atom. The predicted molar refractivity (Wildman–Crippen MR) is 69.2 cm³/mol. The van der Waals surface area contributed by atoms with Crippen molar-refractivity contribution < 1.29 is 4.79 Å². The van der Waals surface area contributed by atoms with E-state index in [-0.39, 0.29) is 5.91 Å². The molecule has 3 rings (SSSR count). The van der Waals surface area contributed by atoms with Crippen molar-refractivity contribution in [1.82, 2.24) is 25.2 Å². The Balaban J connectivity index is 1.82. The molecule has 0 bridgehead atoms. The molecule has 2 heterocycles. The van der Waals surface area contributed by atoms with Gasteiger partial charge in [-0.25, -0.2) is 9.67 Å². The van der Waals surface area contributed by atoms with Gasteiger partial charge in [-0.2, -0.15) is 0 Å². The molecule has 1 amide bonds. The Bertz CT molecular complexity index is 679. The average molecular weight is 272 g/mol. The minimum absolute atomic E-state index is 0.241. The first kappa shape index (κ1) is 11.5. The second kappa shape index (κ2) is 4.94. The van der Waals surface area contributed by atoms with Crippen LogP contribution >= 0.6 is 11.3 Å². The van der Waals surface area contributed by atoms with Crippen LogP contribution in [0.2, 0.25) is 0 Å². The molecule has 19 heavy (non-hydrogen) atoms. The summed E-state index contributed by atoms with van der Waals surface area (Å²) >= 11 is 1.38. The Morgan fingerprint density at radius 1 is 1.37 bits per heavy atom. The summed E-state index contributed by atoms with van der Waals surface area (Å²) in [5.74, 6) is -0.241. The van der Waals surface area contributed by atoms with Crippen LogP contribution in [0.25, 0.3) is 5.69 Å². The summed E-state index contributed by atoms with van der Waals surface area (Å²) in [5.41, 5.74) is 3.44. The van der Waals surface area contributed by atoms with Crippen molar-refractivity contribution in [3.8, 4) is 5.69 Å². The standard InChI is InChI=1S/C11H8N6OS/c18-11(10-5-19-7-12-10)14-8-2-1-3-9(4-8)17-6-13-15-16-17/h1-7H,(H,14,18). The Labute approximate surface area is 111 Å². The van der Waals surface area contributed by atoms with Gasteiger partial charge in [0.15, 0.2) is 0 Å². The zero-order valence-electron chi connectivity index (χ0n) is 9.59. The Morgan fingerprint density at radius 2 is 2.32 bits per heavy atom. The number of benzene rings is 1. The maximum absolute atomic E-state index is 11.9. The summed E-state index contributed by atoms with van der Waals surface area (Å²) in [6, 6.07) is 7.22. The fourth-order valence-corrected chi connectivity index (χ4v) is 2.06. The van der Waals surface area contributed by atoms with Gasteiger partial charge in [0.2, 0.25) is 0 Å². The van der Waals surface area contributed by atoms with Crippen LogP contribution < -0.4 is 5.32 Å². The van der Waals surface area contributed by atoms with E-state index in [0.717, 1.165) is 5.69 Å². The molecule has 0 unspecified atom stereocenters. The third-order valence-electron chi connectivity index (χ3n) is 2.38. The number of rotatable bonds is 3. The lowest BCUT2D eigenvalue weighted by Gasteiger charge is -2.05. The molecule has 0 spiro atoms. The first-order valence-electron chi connectivity index (χ1n) is 5.36. The SMILES string of the molecule is O=C(Nc1cccc(-n2cnnn2)c1)c1cscn1. The van der Waals surface area contributed by atoms with Crippen LogP contribution in [0.15, 0.2) is 41.5 Å². The largest absolute Gasteiger partial charge is 0.321 e. The molecule has 3 aromatic rings. The fraction of sp³-hybridized carbons (Fsp3) is 0. The number of hydrogen-bond donors (Lipinski definition) is 1. The van der Waals surface area contributed by atoms with Crippen LogP contribution in [0.5, 0.6) is 0 Å². The van der Waals surface area contributed by atoms with Crippen molar-refractivity contribution in [2.45, 2.75) is 0 Å². The first-order valence-corrected chi connectivity index (χ1v) is 6.30.